The molecule has 0 unspecified atom stereocenters. The van der Waals surface area contributed by atoms with Crippen LogP contribution >= 0.6 is 11.3 Å². The number of rotatable bonds is 7. The molecule has 0 radical (unpaired) electrons. The van der Waals surface area contributed by atoms with E-state index in [0.29, 0.717) is 23.1 Å². The Kier molecular flexibility index (Phi) is 6.63. The zero-order chi connectivity index (χ0) is 24.4. The van der Waals surface area contributed by atoms with Gasteiger partial charge in [0.2, 0.25) is 0 Å². The molecule has 1 N–H and O–H groups in total. The molecule has 8 heteroatoms. The Morgan fingerprint density at radius 2 is 1.71 bits per heavy atom. The van der Waals surface area contributed by atoms with Gasteiger partial charge in [-0.15, -0.1) is 11.3 Å². The number of H-pyrrole nitrogens is 1. The van der Waals surface area contributed by atoms with Crippen LogP contribution in [0.4, 0.5) is 0 Å². The maximum absolute atomic E-state index is 13.0. The van der Waals surface area contributed by atoms with Crippen molar-refractivity contribution in [2.24, 2.45) is 0 Å². The SMILES string of the molecule is COc1ccc(OC)c(COc2ccc(-c3nc4sc5c(c4c(=O)[nH]3)CCCCC5)cc2OC)c1. The fourth-order valence-electron chi connectivity index (χ4n) is 4.56. The van der Waals surface area contributed by atoms with Crippen LogP contribution in [0.15, 0.2) is 41.2 Å². The van der Waals surface area contributed by atoms with Crippen molar-refractivity contribution in [1.29, 1.82) is 0 Å². The Morgan fingerprint density at radius 1 is 0.914 bits per heavy atom. The van der Waals surface area contributed by atoms with E-state index in [1.54, 1.807) is 32.7 Å². The summed E-state index contributed by atoms with van der Waals surface area (Å²) in [4.78, 5) is 23.0. The topological polar surface area (TPSA) is 82.7 Å². The number of hydrogen-bond donors (Lipinski definition) is 1. The minimum absolute atomic E-state index is 0.0752. The Morgan fingerprint density at radius 3 is 2.51 bits per heavy atom. The molecule has 35 heavy (non-hydrogen) atoms. The molecule has 1 aliphatic rings. The molecule has 2 heterocycles. The lowest BCUT2D eigenvalue weighted by Gasteiger charge is -2.14. The van der Waals surface area contributed by atoms with Crippen molar-refractivity contribution in [2.75, 3.05) is 21.3 Å². The second kappa shape index (κ2) is 10.00. The summed E-state index contributed by atoms with van der Waals surface area (Å²) in [6.45, 7) is 0.276. The lowest BCUT2D eigenvalue weighted by Crippen LogP contribution is -2.10. The normalized spacial score (nSPS) is 13.2. The van der Waals surface area contributed by atoms with Gasteiger partial charge in [0.25, 0.3) is 5.56 Å². The van der Waals surface area contributed by atoms with Crippen LogP contribution in [0.3, 0.4) is 0 Å². The summed E-state index contributed by atoms with van der Waals surface area (Å²) in [5.41, 5.74) is 2.73. The molecule has 0 saturated carbocycles. The van der Waals surface area contributed by atoms with Crippen molar-refractivity contribution in [2.45, 2.75) is 38.7 Å². The van der Waals surface area contributed by atoms with E-state index in [1.165, 1.54) is 23.3 Å². The van der Waals surface area contributed by atoms with Gasteiger partial charge >= 0.3 is 0 Å². The van der Waals surface area contributed by atoms with Crippen molar-refractivity contribution >= 4 is 21.6 Å². The zero-order valence-corrected chi connectivity index (χ0v) is 20.9. The first-order valence-electron chi connectivity index (χ1n) is 11.7. The number of nitrogens with one attached hydrogen (secondary N) is 1. The number of aromatic nitrogens is 2. The summed E-state index contributed by atoms with van der Waals surface area (Å²) < 4.78 is 22.4. The number of ether oxygens (including phenoxy) is 4. The van der Waals surface area contributed by atoms with Gasteiger partial charge in [0.1, 0.15) is 28.8 Å². The van der Waals surface area contributed by atoms with Crippen LogP contribution in [-0.2, 0) is 19.4 Å². The first-order valence-corrected chi connectivity index (χ1v) is 12.5. The van der Waals surface area contributed by atoms with Gasteiger partial charge in [0, 0.05) is 16.0 Å². The van der Waals surface area contributed by atoms with Crippen LogP contribution in [0, 0.1) is 0 Å². The van der Waals surface area contributed by atoms with E-state index in [0.717, 1.165) is 46.4 Å². The third-order valence-electron chi connectivity index (χ3n) is 6.38. The van der Waals surface area contributed by atoms with E-state index < -0.39 is 0 Å². The van der Waals surface area contributed by atoms with Crippen LogP contribution in [-0.4, -0.2) is 31.3 Å². The van der Waals surface area contributed by atoms with Crippen LogP contribution in [0.5, 0.6) is 23.0 Å². The summed E-state index contributed by atoms with van der Waals surface area (Å²) in [5, 5.41) is 0.759. The average Bonchev–Trinajstić information content (AvgIpc) is 3.08. The Balaban J connectivity index is 1.44. The number of nitrogens with zero attached hydrogens (tertiary/aromatic N) is 1. The van der Waals surface area contributed by atoms with Gasteiger partial charge in [-0.3, -0.25) is 4.79 Å². The molecule has 2 aromatic carbocycles. The molecule has 0 saturated heterocycles. The maximum atomic E-state index is 13.0. The highest BCUT2D eigenvalue weighted by molar-refractivity contribution is 7.18. The molecule has 7 nitrogen and oxygen atoms in total. The second-order valence-electron chi connectivity index (χ2n) is 8.49. The lowest BCUT2D eigenvalue weighted by molar-refractivity contribution is 0.277. The molecule has 1 aliphatic carbocycles. The third-order valence-corrected chi connectivity index (χ3v) is 7.57. The highest BCUT2D eigenvalue weighted by atomic mass is 32.1. The third kappa shape index (κ3) is 4.58. The smallest absolute Gasteiger partial charge is 0.260 e. The molecular formula is C27H28N2O5S. The molecule has 5 rings (SSSR count). The Bertz CT molecular complexity index is 1430. The number of thiophene rings is 1. The van der Waals surface area contributed by atoms with Crippen LogP contribution in [0.1, 0.15) is 35.3 Å². The second-order valence-corrected chi connectivity index (χ2v) is 9.57. The molecule has 0 spiro atoms. The monoisotopic (exact) mass is 492 g/mol. The highest BCUT2D eigenvalue weighted by Gasteiger charge is 2.20. The van der Waals surface area contributed by atoms with Gasteiger partial charge in [-0.1, -0.05) is 6.42 Å². The van der Waals surface area contributed by atoms with Gasteiger partial charge in [0.15, 0.2) is 11.5 Å². The standard InChI is InChI=1S/C27H28N2O5S/c1-31-18-10-12-20(32-2)17(13-18)15-34-21-11-9-16(14-22(21)33-3)25-28-26(30)24-19-7-5-4-6-8-23(19)35-27(24)29-25/h9-14H,4-8,15H2,1-3H3,(H,28,29,30). The quantitative estimate of drug-likeness (QED) is 0.342. The van der Waals surface area contributed by atoms with Crippen LogP contribution < -0.4 is 24.5 Å². The van der Waals surface area contributed by atoms with E-state index in [-0.39, 0.29) is 12.2 Å². The van der Waals surface area contributed by atoms with Gasteiger partial charge in [0.05, 0.1) is 26.7 Å². The number of methoxy groups -OCH3 is 3. The van der Waals surface area contributed by atoms with E-state index in [2.05, 4.69) is 4.98 Å². The minimum atomic E-state index is -0.0752. The molecule has 0 bridgehead atoms. The molecule has 0 atom stereocenters. The van der Waals surface area contributed by atoms with Gasteiger partial charge in [-0.2, -0.15) is 0 Å². The first kappa shape index (κ1) is 23.2. The number of aromatic amines is 1. The molecule has 0 aliphatic heterocycles. The van der Waals surface area contributed by atoms with Crippen molar-refractivity contribution in [3.8, 4) is 34.4 Å². The van der Waals surface area contributed by atoms with Crippen molar-refractivity contribution in [3.05, 3.63) is 62.8 Å². The Labute approximate surface area is 207 Å². The fourth-order valence-corrected chi connectivity index (χ4v) is 5.82. The largest absolute Gasteiger partial charge is 0.497 e. The Hall–Kier alpha value is -3.52. The predicted molar refractivity (Wildman–Crippen MR) is 137 cm³/mol. The first-order chi connectivity index (χ1) is 17.1. The summed E-state index contributed by atoms with van der Waals surface area (Å²) in [5.74, 6) is 3.09. The van der Waals surface area contributed by atoms with E-state index in [9.17, 15) is 4.79 Å². The highest BCUT2D eigenvalue weighted by Crippen LogP contribution is 2.36. The summed E-state index contributed by atoms with van der Waals surface area (Å²) in [6.07, 6.45) is 5.50. The maximum Gasteiger partial charge on any atom is 0.260 e. The van der Waals surface area contributed by atoms with E-state index in [4.69, 9.17) is 23.9 Å². The number of hydrogen-bond acceptors (Lipinski definition) is 7. The van der Waals surface area contributed by atoms with Crippen molar-refractivity contribution in [1.82, 2.24) is 9.97 Å². The molecule has 182 valence electrons. The van der Waals surface area contributed by atoms with Gasteiger partial charge in [-0.05, 0) is 67.6 Å². The summed E-state index contributed by atoms with van der Waals surface area (Å²) in [7, 11) is 4.83. The van der Waals surface area contributed by atoms with E-state index in [1.807, 2.05) is 36.4 Å². The number of benzene rings is 2. The molecular weight excluding hydrogens is 464 g/mol. The van der Waals surface area contributed by atoms with Gasteiger partial charge < -0.3 is 23.9 Å². The predicted octanol–water partition coefficient (Wildman–Crippen LogP) is 5.53. The van der Waals surface area contributed by atoms with Crippen molar-refractivity contribution in [3.63, 3.8) is 0 Å². The van der Waals surface area contributed by atoms with Gasteiger partial charge in [-0.25, -0.2) is 4.98 Å². The molecule has 2 aromatic heterocycles. The van der Waals surface area contributed by atoms with Crippen molar-refractivity contribution < 1.29 is 18.9 Å². The summed E-state index contributed by atoms with van der Waals surface area (Å²) in [6, 6.07) is 11.1. The molecule has 0 amide bonds. The fraction of sp³-hybridized carbons (Fsp3) is 0.333. The average molecular weight is 493 g/mol. The van der Waals surface area contributed by atoms with Crippen LogP contribution in [0.2, 0.25) is 0 Å². The number of fused-ring (bicyclic) bond motifs is 3. The zero-order valence-electron chi connectivity index (χ0n) is 20.1. The minimum Gasteiger partial charge on any atom is -0.497 e. The number of aryl methyl sites for hydroxylation is 2. The van der Waals surface area contributed by atoms with Crippen LogP contribution in [0.25, 0.3) is 21.6 Å². The van der Waals surface area contributed by atoms with E-state index >= 15 is 0 Å². The molecule has 4 aromatic rings. The molecule has 0 fully saturated rings. The lowest BCUT2D eigenvalue weighted by atomic mass is 10.1. The summed E-state index contributed by atoms with van der Waals surface area (Å²) >= 11 is 1.65.